The van der Waals surface area contributed by atoms with Crippen molar-refractivity contribution in [2.75, 3.05) is 44.9 Å². The molecule has 0 spiro atoms. The molecule has 0 N–H and O–H groups in total. The van der Waals surface area contributed by atoms with E-state index in [2.05, 4.69) is 0 Å². The van der Waals surface area contributed by atoms with E-state index in [0.29, 0.717) is 47.8 Å². The van der Waals surface area contributed by atoms with E-state index in [4.69, 9.17) is 14.5 Å². The number of carbonyl (C=O) groups is 1. The molecule has 2 aliphatic rings. The average molecular weight is 420 g/mol. The number of aromatic nitrogens is 2. The van der Waals surface area contributed by atoms with Crippen LogP contribution >= 0.6 is 23.5 Å². The number of benzene rings is 1. The van der Waals surface area contributed by atoms with E-state index in [1.165, 1.54) is 23.5 Å². The van der Waals surface area contributed by atoms with Crippen LogP contribution in [0.1, 0.15) is 5.69 Å². The number of fused-ring (bicyclic) bond motifs is 1. The molecule has 3 heterocycles. The van der Waals surface area contributed by atoms with Crippen LogP contribution in [0.3, 0.4) is 0 Å². The van der Waals surface area contributed by atoms with Crippen molar-refractivity contribution in [2.45, 2.75) is 16.5 Å². The van der Waals surface area contributed by atoms with Gasteiger partial charge in [-0.25, -0.2) is 4.98 Å². The van der Waals surface area contributed by atoms with Gasteiger partial charge >= 0.3 is 0 Å². The van der Waals surface area contributed by atoms with Crippen molar-refractivity contribution in [1.29, 1.82) is 0 Å². The fraction of sp³-hybridized carbons (Fsp3) is 0.421. The number of nitrogens with zero attached hydrogens (tertiary/aromatic N) is 3. The van der Waals surface area contributed by atoms with Crippen molar-refractivity contribution in [3.8, 4) is 11.4 Å². The van der Waals surface area contributed by atoms with E-state index in [1.807, 2.05) is 24.3 Å². The second-order valence-corrected chi connectivity index (χ2v) is 8.41. The van der Waals surface area contributed by atoms with Crippen LogP contribution in [0.25, 0.3) is 5.69 Å². The minimum absolute atomic E-state index is 0.0315. The highest BCUT2D eigenvalue weighted by atomic mass is 32.2. The maximum Gasteiger partial charge on any atom is 0.272 e. The zero-order valence-corrected chi connectivity index (χ0v) is 17.2. The number of amides is 1. The van der Waals surface area contributed by atoms with Gasteiger partial charge in [0.1, 0.15) is 5.75 Å². The Kier molecular flexibility index (Phi) is 5.93. The van der Waals surface area contributed by atoms with Gasteiger partial charge in [0.25, 0.3) is 5.56 Å². The fourth-order valence-corrected chi connectivity index (χ4v) is 5.20. The van der Waals surface area contributed by atoms with Gasteiger partial charge in [-0.2, -0.15) is 0 Å². The van der Waals surface area contributed by atoms with Crippen molar-refractivity contribution >= 4 is 29.4 Å². The predicted molar refractivity (Wildman–Crippen MR) is 109 cm³/mol. The molecule has 0 saturated carbocycles. The minimum atomic E-state index is -0.0988. The van der Waals surface area contributed by atoms with Gasteiger partial charge in [-0.05, 0) is 12.1 Å². The number of carbonyl (C=O) groups excluding carboxylic acids is 1. The van der Waals surface area contributed by atoms with Gasteiger partial charge in [0.05, 0.1) is 42.4 Å². The van der Waals surface area contributed by atoms with Crippen LogP contribution in [0.4, 0.5) is 0 Å². The first-order valence-corrected chi connectivity index (χ1v) is 11.1. The minimum Gasteiger partial charge on any atom is -0.495 e. The number of morpholine rings is 1. The summed E-state index contributed by atoms with van der Waals surface area (Å²) in [5, 5.41) is 0.525. The van der Waals surface area contributed by atoms with E-state index in [-0.39, 0.29) is 17.2 Å². The van der Waals surface area contributed by atoms with Crippen molar-refractivity contribution < 1.29 is 14.3 Å². The summed E-state index contributed by atoms with van der Waals surface area (Å²) >= 11 is 2.84. The van der Waals surface area contributed by atoms with Crippen molar-refractivity contribution in [3.63, 3.8) is 0 Å². The Morgan fingerprint density at radius 2 is 2.11 bits per heavy atom. The first-order chi connectivity index (χ1) is 13.7. The standard InChI is InChI=1S/C19H21N3O4S2/c1-25-15-5-3-2-4-14(15)22-18(24)17-13(6-11-27-17)20-19(22)28-12-16(23)21-7-9-26-10-8-21/h2-5H,6-12H2,1H3. The maximum atomic E-state index is 13.2. The molecule has 2 aliphatic heterocycles. The number of aryl methyl sites for hydroxylation is 1. The monoisotopic (exact) mass is 419 g/mol. The molecule has 148 valence electrons. The summed E-state index contributed by atoms with van der Waals surface area (Å²) in [6.45, 7) is 2.34. The van der Waals surface area contributed by atoms with Gasteiger partial charge in [0.2, 0.25) is 5.91 Å². The molecule has 0 aliphatic carbocycles. The lowest BCUT2D eigenvalue weighted by molar-refractivity contribution is -0.132. The van der Waals surface area contributed by atoms with Crippen LogP contribution in [0.2, 0.25) is 0 Å². The highest BCUT2D eigenvalue weighted by Crippen LogP contribution is 2.32. The summed E-state index contributed by atoms with van der Waals surface area (Å²) < 4.78 is 12.3. The summed E-state index contributed by atoms with van der Waals surface area (Å²) in [5.41, 5.74) is 1.36. The van der Waals surface area contributed by atoms with Gasteiger partial charge in [0, 0.05) is 25.3 Å². The number of rotatable bonds is 5. The van der Waals surface area contributed by atoms with Gasteiger partial charge < -0.3 is 14.4 Å². The molecule has 0 unspecified atom stereocenters. The summed E-state index contributed by atoms with van der Waals surface area (Å²) in [7, 11) is 1.58. The third kappa shape index (κ3) is 3.78. The van der Waals surface area contributed by atoms with Crippen molar-refractivity contribution in [1.82, 2.24) is 14.5 Å². The molecule has 1 fully saturated rings. The molecule has 1 aromatic heterocycles. The van der Waals surface area contributed by atoms with Gasteiger partial charge in [0.15, 0.2) is 5.16 Å². The Labute approximate surface area is 171 Å². The summed E-state index contributed by atoms with van der Waals surface area (Å²) in [5.74, 6) is 1.71. The normalized spacial score (nSPS) is 16.1. The Bertz CT molecular complexity index is 941. The first-order valence-electron chi connectivity index (χ1n) is 9.09. The molecule has 1 saturated heterocycles. The summed E-state index contributed by atoms with van der Waals surface area (Å²) in [6.07, 6.45) is 0.771. The van der Waals surface area contributed by atoms with Gasteiger partial charge in [-0.3, -0.25) is 14.2 Å². The Morgan fingerprint density at radius 3 is 2.89 bits per heavy atom. The molecule has 1 aromatic carbocycles. The Hall–Kier alpha value is -1.97. The predicted octanol–water partition coefficient (Wildman–Crippen LogP) is 1.84. The van der Waals surface area contributed by atoms with E-state index < -0.39 is 0 Å². The average Bonchev–Trinajstić information content (AvgIpc) is 3.22. The second kappa shape index (κ2) is 8.59. The lowest BCUT2D eigenvalue weighted by Crippen LogP contribution is -2.41. The van der Waals surface area contributed by atoms with Crippen LogP contribution in [-0.2, 0) is 16.0 Å². The molecule has 7 nitrogen and oxygen atoms in total. The lowest BCUT2D eigenvalue weighted by Gasteiger charge is -2.26. The second-order valence-electron chi connectivity index (χ2n) is 6.36. The summed E-state index contributed by atoms with van der Waals surface area (Å²) in [6, 6.07) is 7.37. The van der Waals surface area contributed by atoms with Gasteiger partial charge in [-0.15, -0.1) is 11.8 Å². The SMILES string of the molecule is COc1ccccc1-n1c(SCC(=O)N2CCOCC2)nc2c(c1=O)SCC2. The van der Waals surface area contributed by atoms with Crippen LogP contribution in [-0.4, -0.2) is 65.3 Å². The van der Waals surface area contributed by atoms with Crippen LogP contribution in [0.15, 0.2) is 39.1 Å². The fourth-order valence-electron chi connectivity index (χ4n) is 3.25. The number of methoxy groups -OCH3 is 1. The van der Waals surface area contributed by atoms with E-state index in [9.17, 15) is 9.59 Å². The molecule has 9 heteroatoms. The summed E-state index contributed by atoms with van der Waals surface area (Å²) in [4.78, 5) is 33.0. The van der Waals surface area contributed by atoms with Crippen molar-refractivity contribution in [3.05, 3.63) is 40.3 Å². The molecule has 0 atom stereocenters. The topological polar surface area (TPSA) is 73.7 Å². The van der Waals surface area contributed by atoms with E-state index in [1.54, 1.807) is 16.6 Å². The molecular formula is C19H21N3O4S2. The smallest absolute Gasteiger partial charge is 0.272 e. The molecule has 0 bridgehead atoms. The zero-order chi connectivity index (χ0) is 19.5. The molecule has 28 heavy (non-hydrogen) atoms. The molecule has 1 amide bonds. The third-order valence-corrected chi connectivity index (χ3v) is 6.71. The molecule has 2 aromatic rings. The Morgan fingerprint density at radius 1 is 1.32 bits per heavy atom. The highest BCUT2D eigenvalue weighted by molar-refractivity contribution is 8.00. The zero-order valence-electron chi connectivity index (χ0n) is 15.6. The van der Waals surface area contributed by atoms with Crippen LogP contribution in [0, 0.1) is 0 Å². The highest BCUT2D eigenvalue weighted by Gasteiger charge is 2.25. The third-order valence-electron chi connectivity index (χ3n) is 4.68. The number of thioether (sulfide) groups is 2. The number of ether oxygens (including phenoxy) is 2. The number of hydrogen-bond donors (Lipinski definition) is 0. The quantitative estimate of drug-likeness (QED) is 0.541. The molecule has 0 radical (unpaired) electrons. The Balaban J connectivity index is 1.69. The first kappa shape index (κ1) is 19.4. The maximum absolute atomic E-state index is 13.2. The van der Waals surface area contributed by atoms with E-state index in [0.717, 1.165) is 17.9 Å². The van der Waals surface area contributed by atoms with Crippen LogP contribution < -0.4 is 10.3 Å². The molecule has 4 rings (SSSR count). The lowest BCUT2D eigenvalue weighted by atomic mass is 10.2. The van der Waals surface area contributed by atoms with Gasteiger partial charge in [-0.1, -0.05) is 23.9 Å². The number of para-hydroxylation sites is 2. The molecular weight excluding hydrogens is 398 g/mol. The largest absolute Gasteiger partial charge is 0.495 e. The number of hydrogen-bond acceptors (Lipinski definition) is 7. The van der Waals surface area contributed by atoms with Crippen LogP contribution in [0.5, 0.6) is 5.75 Å². The van der Waals surface area contributed by atoms with Crippen molar-refractivity contribution in [2.24, 2.45) is 0 Å². The van der Waals surface area contributed by atoms with E-state index >= 15 is 0 Å².